The topological polar surface area (TPSA) is 3.24 Å². The molecule has 0 spiro atoms. The van der Waals surface area contributed by atoms with Crippen LogP contribution >= 0.6 is 24.0 Å². The van der Waals surface area contributed by atoms with Gasteiger partial charge in [0.1, 0.15) is 5.82 Å². The molecule has 0 fully saturated rings. The van der Waals surface area contributed by atoms with E-state index in [-0.39, 0.29) is 18.2 Å². The van der Waals surface area contributed by atoms with Gasteiger partial charge in [-0.2, -0.15) is 0 Å². The monoisotopic (exact) mass is 251 g/mol. The molecule has 0 saturated carbocycles. The molecule has 0 aliphatic carbocycles. The number of hydrogen-bond donors (Lipinski definition) is 0. The molecule has 0 saturated heterocycles. The van der Waals surface area contributed by atoms with Crippen LogP contribution in [0, 0.1) is 5.82 Å². The largest absolute Gasteiger partial charge is 0.302 e. The molecular formula is C11H16Cl2FN. The molecule has 0 aliphatic rings. The lowest BCUT2D eigenvalue weighted by Gasteiger charge is -2.16. The lowest BCUT2D eigenvalue weighted by atomic mass is 10.2. The van der Waals surface area contributed by atoms with E-state index in [2.05, 4.69) is 11.8 Å². The molecule has 0 amide bonds. The van der Waals surface area contributed by atoms with Crippen LogP contribution in [0.3, 0.4) is 0 Å². The lowest BCUT2D eigenvalue weighted by molar-refractivity contribution is 0.327. The number of nitrogens with zero attached hydrogens (tertiary/aromatic N) is 1. The number of hydrogen-bond acceptors (Lipinski definition) is 1. The molecule has 86 valence electrons. The first-order chi connectivity index (χ1) is 6.63. The van der Waals surface area contributed by atoms with Crippen molar-refractivity contribution in [2.75, 3.05) is 13.6 Å². The zero-order valence-electron chi connectivity index (χ0n) is 8.96. The summed E-state index contributed by atoms with van der Waals surface area (Å²) in [7, 11) is 2.03. The Morgan fingerprint density at radius 3 is 2.60 bits per heavy atom. The van der Waals surface area contributed by atoms with Crippen LogP contribution in [-0.2, 0) is 6.54 Å². The van der Waals surface area contributed by atoms with E-state index < -0.39 is 0 Å². The van der Waals surface area contributed by atoms with E-state index in [0.29, 0.717) is 5.02 Å². The van der Waals surface area contributed by atoms with E-state index in [1.165, 1.54) is 12.1 Å². The smallest absolute Gasteiger partial charge is 0.124 e. The molecule has 4 heteroatoms. The number of halogens is 3. The minimum Gasteiger partial charge on any atom is -0.302 e. The van der Waals surface area contributed by atoms with Crippen molar-refractivity contribution in [2.24, 2.45) is 0 Å². The first kappa shape index (κ1) is 14.7. The Morgan fingerprint density at radius 2 is 2.07 bits per heavy atom. The third kappa shape index (κ3) is 4.83. The SMILES string of the molecule is CCCN(C)Cc1ccc(F)cc1Cl.Cl. The van der Waals surface area contributed by atoms with Crippen molar-refractivity contribution in [1.29, 1.82) is 0 Å². The molecule has 0 radical (unpaired) electrons. The molecule has 0 N–H and O–H groups in total. The maximum absolute atomic E-state index is 12.7. The Labute approximate surface area is 102 Å². The fourth-order valence-corrected chi connectivity index (χ4v) is 1.63. The van der Waals surface area contributed by atoms with Crippen LogP contribution in [0.2, 0.25) is 5.02 Å². The molecular weight excluding hydrogens is 236 g/mol. The summed E-state index contributed by atoms with van der Waals surface area (Å²) in [5, 5.41) is 0.507. The number of benzene rings is 1. The van der Waals surface area contributed by atoms with Crippen molar-refractivity contribution < 1.29 is 4.39 Å². The van der Waals surface area contributed by atoms with Gasteiger partial charge in [-0.15, -0.1) is 12.4 Å². The summed E-state index contributed by atoms with van der Waals surface area (Å²) < 4.78 is 12.7. The van der Waals surface area contributed by atoms with Crippen LogP contribution in [0.25, 0.3) is 0 Å². The van der Waals surface area contributed by atoms with Gasteiger partial charge < -0.3 is 4.90 Å². The van der Waals surface area contributed by atoms with Gasteiger partial charge in [0.05, 0.1) is 0 Å². The van der Waals surface area contributed by atoms with Crippen LogP contribution in [0.15, 0.2) is 18.2 Å². The van der Waals surface area contributed by atoms with Crippen molar-refractivity contribution in [1.82, 2.24) is 4.90 Å². The minimum atomic E-state index is -0.281. The van der Waals surface area contributed by atoms with Crippen molar-refractivity contribution in [3.63, 3.8) is 0 Å². The van der Waals surface area contributed by atoms with Crippen molar-refractivity contribution in [3.8, 4) is 0 Å². The molecule has 0 aliphatic heterocycles. The summed E-state index contributed by atoms with van der Waals surface area (Å²) in [6.45, 7) is 3.92. The highest BCUT2D eigenvalue weighted by Gasteiger charge is 2.04. The summed E-state index contributed by atoms with van der Waals surface area (Å²) >= 11 is 5.91. The highest BCUT2D eigenvalue weighted by Crippen LogP contribution is 2.18. The van der Waals surface area contributed by atoms with Gasteiger partial charge in [-0.1, -0.05) is 24.6 Å². The van der Waals surface area contributed by atoms with Crippen molar-refractivity contribution in [3.05, 3.63) is 34.6 Å². The van der Waals surface area contributed by atoms with Gasteiger partial charge in [0.15, 0.2) is 0 Å². The van der Waals surface area contributed by atoms with Crippen molar-refractivity contribution in [2.45, 2.75) is 19.9 Å². The Bertz CT molecular complexity index is 305. The first-order valence-corrected chi connectivity index (χ1v) is 5.13. The van der Waals surface area contributed by atoms with E-state index in [0.717, 1.165) is 25.1 Å². The van der Waals surface area contributed by atoms with E-state index in [1.807, 2.05) is 7.05 Å². The second kappa shape index (κ2) is 7.04. The molecule has 1 nitrogen and oxygen atoms in total. The predicted octanol–water partition coefficient (Wildman–Crippen LogP) is 3.74. The lowest BCUT2D eigenvalue weighted by Crippen LogP contribution is -2.18. The zero-order chi connectivity index (χ0) is 10.6. The Kier molecular flexibility index (Phi) is 6.90. The van der Waals surface area contributed by atoms with Gasteiger partial charge in [0.25, 0.3) is 0 Å². The highest BCUT2D eigenvalue weighted by molar-refractivity contribution is 6.31. The third-order valence-electron chi connectivity index (χ3n) is 2.06. The molecule has 1 aromatic carbocycles. The maximum Gasteiger partial charge on any atom is 0.124 e. The highest BCUT2D eigenvalue weighted by atomic mass is 35.5. The molecule has 0 bridgehead atoms. The van der Waals surface area contributed by atoms with Gasteiger partial charge in [-0.25, -0.2) is 4.39 Å². The summed E-state index contributed by atoms with van der Waals surface area (Å²) in [5.41, 5.74) is 0.976. The predicted molar refractivity (Wildman–Crippen MR) is 65.3 cm³/mol. The fraction of sp³-hybridized carbons (Fsp3) is 0.455. The Hall–Kier alpha value is -0.310. The third-order valence-corrected chi connectivity index (χ3v) is 2.41. The molecule has 0 aromatic heterocycles. The molecule has 0 heterocycles. The average molecular weight is 252 g/mol. The number of rotatable bonds is 4. The molecule has 15 heavy (non-hydrogen) atoms. The summed E-state index contributed by atoms with van der Waals surface area (Å²) in [6.07, 6.45) is 1.11. The summed E-state index contributed by atoms with van der Waals surface area (Å²) in [6, 6.07) is 4.54. The molecule has 1 aromatic rings. The van der Waals surface area contributed by atoms with Gasteiger partial charge >= 0.3 is 0 Å². The molecule has 0 unspecified atom stereocenters. The quantitative estimate of drug-likeness (QED) is 0.788. The van der Waals surface area contributed by atoms with Crippen molar-refractivity contribution >= 4 is 24.0 Å². The minimum absolute atomic E-state index is 0. The van der Waals surface area contributed by atoms with E-state index in [4.69, 9.17) is 11.6 Å². The average Bonchev–Trinajstić information content (AvgIpc) is 2.10. The van der Waals surface area contributed by atoms with Gasteiger partial charge in [0.2, 0.25) is 0 Å². The summed E-state index contributed by atoms with van der Waals surface area (Å²) in [5.74, 6) is -0.281. The molecule has 1 rings (SSSR count). The zero-order valence-corrected chi connectivity index (χ0v) is 10.5. The van der Waals surface area contributed by atoms with Gasteiger partial charge in [0, 0.05) is 11.6 Å². The fourth-order valence-electron chi connectivity index (χ4n) is 1.40. The van der Waals surface area contributed by atoms with Crippen LogP contribution in [0.5, 0.6) is 0 Å². The van der Waals surface area contributed by atoms with Crippen LogP contribution in [-0.4, -0.2) is 18.5 Å². The first-order valence-electron chi connectivity index (χ1n) is 4.76. The molecule has 0 atom stereocenters. The van der Waals surface area contributed by atoms with Gasteiger partial charge in [-0.05, 0) is 37.7 Å². The van der Waals surface area contributed by atoms with Crippen LogP contribution in [0.4, 0.5) is 4.39 Å². The second-order valence-electron chi connectivity index (χ2n) is 3.47. The standard InChI is InChI=1S/C11H15ClFN.ClH/c1-3-6-14(2)8-9-4-5-10(13)7-11(9)12;/h4-5,7H,3,6,8H2,1-2H3;1H. The Morgan fingerprint density at radius 1 is 1.40 bits per heavy atom. The summed E-state index contributed by atoms with van der Waals surface area (Å²) in [4.78, 5) is 2.17. The van der Waals surface area contributed by atoms with Gasteiger partial charge in [-0.3, -0.25) is 0 Å². The van der Waals surface area contributed by atoms with E-state index >= 15 is 0 Å². The normalized spacial score (nSPS) is 10.2. The van der Waals surface area contributed by atoms with Crippen LogP contribution in [0.1, 0.15) is 18.9 Å². The van der Waals surface area contributed by atoms with Crippen LogP contribution < -0.4 is 0 Å². The Balaban J connectivity index is 0.00000196. The maximum atomic E-state index is 12.7. The second-order valence-corrected chi connectivity index (χ2v) is 3.88. The van der Waals surface area contributed by atoms with E-state index in [9.17, 15) is 4.39 Å². The van der Waals surface area contributed by atoms with E-state index in [1.54, 1.807) is 6.07 Å².